The van der Waals surface area contributed by atoms with E-state index in [4.69, 9.17) is 4.74 Å². The Hall–Kier alpha value is -2.96. The number of benzene rings is 2. The van der Waals surface area contributed by atoms with Gasteiger partial charge >= 0.3 is 5.97 Å². The molecule has 6 nitrogen and oxygen atoms in total. The second kappa shape index (κ2) is 5.52. The van der Waals surface area contributed by atoms with Crippen molar-refractivity contribution in [1.82, 2.24) is 5.32 Å². The zero-order chi connectivity index (χ0) is 18.5. The van der Waals surface area contributed by atoms with E-state index in [0.29, 0.717) is 0 Å². The van der Waals surface area contributed by atoms with Crippen molar-refractivity contribution in [2.75, 3.05) is 0 Å². The number of ether oxygens (including phenoxy) is 1. The Labute approximate surface area is 149 Å². The van der Waals surface area contributed by atoms with Crippen LogP contribution in [0.2, 0.25) is 0 Å². The first-order chi connectivity index (χ1) is 12.4. The number of Topliss-reactive ketones (excluding diaryl/α,β-unsaturated/α-hetero) is 1. The number of ketones is 1. The molecule has 0 saturated heterocycles. The van der Waals surface area contributed by atoms with Gasteiger partial charge in [-0.25, -0.2) is 4.79 Å². The second-order valence-corrected chi connectivity index (χ2v) is 6.48. The van der Waals surface area contributed by atoms with Gasteiger partial charge in [-0.05, 0) is 12.5 Å². The highest BCUT2D eigenvalue weighted by Crippen LogP contribution is 2.51. The molecule has 0 bridgehead atoms. The minimum absolute atomic E-state index is 0.00784. The van der Waals surface area contributed by atoms with E-state index in [9.17, 15) is 19.8 Å². The van der Waals surface area contributed by atoms with Gasteiger partial charge < -0.3 is 20.3 Å². The monoisotopic (exact) mass is 351 g/mol. The first-order valence-corrected chi connectivity index (χ1v) is 8.19. The van der Waals surface area contributed by atoms with Gasteiger partial charge in [0.2, 0.25) is 17.1 Å². The van der Waals surface area contributed by atoms with Crippen LogP contribution in [-0.4, -0.2) is 27.6 Å². The van der Waals surface area contributed by atoms with Crippen LogP contribution in [0.25, 0.3) is 0 Å². The van der Waals surface area contributed by atoms with Crippen molar-refractivity contribution in [3.63, 3.8) is 0 Å². The highest BCUT2D eigenvalue weighted by atomic mass is 16.5. The molecule has 0 amide bonds. The molecule has 0 fully saturated rings. The summed E-state index contributed by atoms with van der Waals surface area (Å²) >= 11 is 0. The summed E-state index contributed by atoms with van der Waals surface area (Å²) in [5, 5.41) is 24.9. The van der Waals surface area contributed by atoms with Gasteiger partial charge in [-0.1, -0.05) is 54.6 Å². The topological polar surface area (TPSA) is 95.9 Å². The maximum absolute atomic E-state index is 12.8. The molecule has 4 rings (SSSR count). The van der Waals surface area contributed by atoms with Crippen molar-refractivity contribution in [3.05, 3.63) is 82.6 Å². The molecule has 132 valence electrons. The SMILES string of the molecule is CC1=C(C(=O)OCc2ccccc2)[C@]2(O)C(=O)c3ccccc3[C@@]2(O)N1. The molecular formula is C20H17NO5. The van der Waals surface area contributed by atoms with Crippen LogP contribution in [0.1, 0.15) is 28.4 Å². The van der Waals surface area contributed by atoms with Crippen molar-refractivity contribution in [2.24, 2.45) is 0 Å². The standard InChI is InChI=1S/C20H17NO5/c1-12-16(18(23)26-11-13-7-3-2-4-8-13)19(24)17(22)14-9-5-6-10-15(14)20(19,25)21-12/h2-10,21,24-25H,11H2,1H3/t19-,20-/m0/s1. The molecule has 1 aliphatic heterocycles. The molecule has 0 radical (unpaired) electrons. The van der Waals surface area contributed by atoms with Crippen molar-refractivity contribution in [1.29, 1.82) is 0 Å². The maximum atomic E-state index is 12.8. The van der Waals surface area contributed by atoms with Crippen LogP contribution >= 0.6 is 0 Å². The molecule has 26 heavy (non-hydrogen) atoms. The van der Waals surface area contributed by atoms with E-state index in [0.717, 1.165) is 5.56 Å². The average Bonchev–Trinajstić information content (AvgIpc) is 2.95. The highest BCUT2D eigenvalue weighted by Gasteiger charge is 2.70. The van der Waals surface area contributed by atoms with Gasteiger partial charge in [0.05, 0.1) is 0 Å². The molecule has 0 spiro atoms. The predicted octanol–water partition coefficient (Wildman–Crippen LogP) is 1.38. The molecule has 1 aliphatic carbocycles. The zero-order valence-corrected chi connectivity index (χ0v) is 14.0. The van der Waals surface area contributed by atoms with Crippen molar-refractivity contribution in [3.8, 4) is 0 Å². The summed E-state index contributed by atoms with van der Waals surface area (Å²) in [7, 11) is 0. The van der Waals surface area contributed by atoms with Gasteiger partial charge in [-0.2, -0.15) is 0 Å². The lowest BCUT2D eigenvalue weighted by Gasteiger charge is -2.31. The van der Waals surface area contributed by atoms with E-state index in [2.05, 4.69) is 5.32 Å². The smallest absolute Gasteiger partial charge is 0.339 e. The van der Waals surface area contributed by atoms with Gasteiger partial charge in [0.15, 0.2) is 0 Å². The number of hydrogen-bond donors (Lipinski definition) is 3. The number of rotatable bonds is 3. The van der Waals surface area contributed by atoms with E-state index < -0.39 is 23.1 Å². The molecule has 2 aliphatic rings. The number of carbonyl (C=O) groups is 2. The molecule has 0 unspecified atom stereocenters. The average molecular weight is 351 g/mol. The number of allylic oxidation sites excluding steroid dienone is 1. The maximum Gasteiger partial charge on any atom is 0.339 e. The van der Waals surface area contributed by atoms with Crippen LogP contribution in [-0.2, 0) is 21.9 Å². The number of fused-ring (bicyclic) bond motifs is 3. The highest BCUT2D eigenvalue weighted by molar-refractivity contribution is 6.16. The first-order valence-electron chi connectivity index (χ1n) is 8.19. The zero-order valence-electron chi connectivity index (χ0n) is 14.0. The van der Waals surface area contributed by atoms with Gasteiger partial charge in [0.1, 0.15) is 12.2 Å². The van der Waals surface area contributed by atoms with E-state index in [1.54, 1.807) is 30.3 Å². The van der Waals surface area contributed by atoms with E-state index >= 15 is 0 Å². The Bertz CT molecular complexity index is 952. The summed E-state index contributed by atoms with van der Waals surface area (Å²) in [4.78, 5) is 25.5. The first kappa shape index (κ1) is 16.5. The summed E-state index contributed by atoms with van der Waals surface area (Å²) in [6.07, 6.45) is 0. The fourth-order valence-corrected chi connectivity index (χ4v) is 3.70. The summed E-state index contributed by atoms with van der Waals surface area (Å²) in [5.41, 5.74) is -3.40. The summed E-state index contributed by atoms with van der Waals surface area (Å²) in [5.74, 6) is -1.58. The summed E-state index contributed by atoms with van der Waals surface area (Å²) < 4.78 is 5.29. The molecule has 3 N–H and O–H groups in total. The number of carbonyl (C=O) groups excluding carboxylic acids is 2. The summed E-state index contributed by atoms with van der Waals surface area (Å²) in [6, 6.07) is 15.4. The number of aliphatic hydroxyl groups is 2. The van der Waals surface area contributed by atoms with Crippen LogP contribution in [0.4, 0.5) is 0 Å². The van der Waals surface area contributed by atoms with Crippen molar-refractivity contribution < 1.29 is 24.5 Å². The largest absolute Gasteiger partial charge is 0.457 e. The lowest BCUT2D eigenvalue weighted by molar-refractivity contribution is -0.148. The molecule has 1 heterocycles. The van der Waals surface area contributed by atoms with Crippen LogP contribution in [0, 0.1) is 0 Å². The molecule has 2 atom stereocenters. The normalized spacial score (nSPS) is 26.3. The molecular weight excluding hydrogens is 334 g/mol. The molecule has 2 aromatic carbocycles. The van der Waals surface area contributed by atoms with E-state index in [1.165, 1.54) is 13.0 Å². The fourth-order valence-electron chi connectivity index (χ4n) is 3.70. The van der Waals surface area contributed by atoms with E-state index in [-0.39, 0.29) is 29.0 Å². The minimum Gasteiger partial charge on any atom is -0.457 e. The quantitative estimate of drug-likeness (QED) is 0.723. The Kier molecular flexibility index (Phi) is 3.50. The third kappa shape index (κ3) is 2.00. The van der Waals surface area contributed by atoms with Crippen molar-refractivity contribution in [2.45, 2.75) is 24.9 Å². The third-order valence-electron chi connectivity index (χ3n) is 4.94. The van der Waals surface area contributed by atoms with E-state index in [1.807, 2.05) is 18.2 Å². The second-order valence-electron chi connectivity index (χ2n) is 6.48. The number of esters is 1. The van der Waals surface area contributed by atoms with Gasteiger partial charge in [-0.15, -0.1) is 0 Å². The Morgan fingerprint density at radius 3 is 2.46 bits per heavy atom. The lowest BCUT2D eigenvalue weighted by atomic mass is 9.85. The Balaban J connectivity index is 1.69. The number of hydrogen-bond acceptors (Lipinski definition) is 6. The molecule has 0 saturated carbocycles. The van der Waals surface area contributed by atoms with Gasteiger partial charge in [-0.3, -0.25) is 4.79 Å². The van der Waals surface area contributed by atoms with Crippen LogP contribution in [0.3, 0.4) is 0 Å². The lowest BCUT2D eigenvalue weighted by Crippen LogP contribution is -2.56. The number of nitrogens with one attached hydrogen (secondary N) is 1. The third-order valence-corrected chi connectivity index (χ3v) is 4.94. The van der Waals surface area contributed by atoms with Gasteiger partial charge in [0.25, 0.3) is 0 Å². The molecule has 2 aromatic rings. The van der Waals surface area contributed by atoms with Crippen LogP contribution < -0.4 is 5.32 Å². The predicted molar refractivity (Wildman–Crippen MR) is 91.7 cm³/mol. The van der Waals surface area contributed by atoms with Crippen LogP contribution in [0.15, 0.2) is 65.9 Å². The fraction of sp³-hybridized carbons (Fsp3) is 0.200. The van der Waals surface area contributed by atoms with Crippen LogP contribution in [0.5, 0.6) is 0 Å². The summed E-state index contributed by atoms with van der Waals surface area (Å²) in [6.45, 7) is 1.51. The van der Waals surface area contributed by atoms with Crippen molar-refractivity contribution >= 4 is 11.8 Å². The Morgan fingerprint density at radius 1 is 1.08 bits per heavy atom. The Morgan fingerprint density at radius 2 is 1.73 bits per heavy atom. The molecule has 6 heteroatoms. The molecule has 0 aromatic heterocycles. The van der Waals surface area contributed by atoms with Gasteiger partial charge in [0, 0.05) is 16.8 Å². The minimum atomic E-state index is -2.42.